The van der Waals surface area contributed by atoms with E-state index in [1.165, 1.54) is 146 Å². The number of thiophene rings is 1. The van der Waals surface area contributed by atoms with Crippen molar-refractivity contribution in [2.24, 2.45) is 0 Å². The largest absolute Gasteiger partial charge is 0.309 e. The molecule has 0 atom stereocenters. The van der Waals surface area contributed by atoms with Crippen LogP contribution in [0.15, 0.2) is 309 Å². The first kappa shape index (κ1) is 50.6. The number of aromatic nitrogens is 4. The molecule has 0 radical (unpaired) electrons. The van der Waals surface area contributed by atoms with Crippen molar-refractivity contribution in [1.29, 1.82) is 0 Å². The van der Waals surface area contributed by atoms with E-state index in [0.717, 1.165) is 16.7 Å². The summed E-state index contributed by atoms with van der Waals surface area (Å²) in [4.78, 5) is 3.58. The van der Waals surface area contributed by atoms with Gasteiger partial charge in [-0.1, -0.05) is 188 Å². The van der Waals surface area contributed by atoms with Gasteiger partial charge in [-0.05, 0) is 154 Å². The van der Waals surface area contributed by atoms with Gasteiger partial charge in [-0.3, -0.25) is 0 Å². The smallest absolute Gasteiger partial charge is 0.187 e. The fourth-order valence-corrected chi connectivity index (χ4v) is 15.4. The molecule has 0 saturated heterocycles. The Hall–Kier alpha value is -11.8. The Morgan fingerprint density at radius 2 is 0.629 bits per heavy atom. The molecule has 89 heavy (non-hydrogen) atoms. The third-order valence-corrected chi connectivity index (χ3v) is 19.4. The SMILES string of the molecule is [C-]#[N+]c1ccc(-n2c3ccccc3c3cc(-c4ccc5c(c4)c4ccccc4n5-c4cccc5c4sc4ccccc45)ccc32)cc1.c1ccc(-n2c3ccccc3c3cc(-c4ccc5c(c4)c4ccccc4n5-c4ccc5ccccc5c4)ccc32)cc1. The van der Waals surface area contributed by atoms with Crippen LogP contribution in [0.25, 0.3) is 168 Å². The average Bonchev–Trinajstić information content (AvgIpc) is 1.66. The summed E-state index contributed by atoms with van der Waals surface area (Å²) in [5.41, 5.74) is 19.7. The first-order valence-electron chi connectivity index (χ1n) is 30.2. The number of para-hydroxylation sites is 5. The Bertz CT molecular complexity index is 6120. The summed E-state index contributed by atoms with van der Waals surface area (Å²) >= 11 is 1.87. The van der Waals surface area contributed by atoms with E-state index in [9.17, 15) is 0 Å². The lowest BCUT2D eigenvalue weighted by Gasteiger charge is -2.10. The molecule has 0 amide bonds. The standard InChI is InChI=1S/C43H25N3S.C40H26N2/c1-44-29-19-21-30(22-20-29)45-37-13-5-2-9-31(37)35-25-27(17-23-39(35)45)28-18-24-40-36(26-28)32-10-3-6-14-38(32)46(40)41-15-8-12-34-33-11-4-7-16-42(33)47-43(34)41;1-2-12-31(13-3-1)41-37-16-8-6-14-33(37)35-25-29(19-22-39(35)41)30-20-23-40-36(26-30)34-15-7-9-17-38(34)42(40)32-21-18-27-10-4-5-11-28(27)24-32/h2-26H;1-26H. The van der Waals surface area contributed by atoms with E-state index >= 15 is 0 Å². The van der Waals surface area contributed by atoms with Gasteiger partial charge < -0.3 is 18.3 Å². The molecule has 414 valence electrons. The first-order chi connectivity index (χ1) is 44.1. The van der Waals surface area contributed by atoms with Crippen LogP contribution in [-0.2, 0) is 0 Å². The Balaban J connectivity index is 0.000000134. The van der Waals surface area contributed by atoms with E-state index < -0.39 is 0 Å². The molecule has 19 aromatic rings. The summed E-state index contributed by atoms with van der Waals surface area (Å²) in [6.07, 6.45) is 0. The van der Waals surface area contributed by atoms with E-state index in [-0.39, 0.29) is 0 Å². The lowest BCUT2D eigenvalue weighted by atomic mass is 10.0. The van der Waals surface area contributed by atoms with Crippen molar-refractivity contribution in [3.8, 4) is 45.0 Å². The quantitative estimate of drug-likeness (QED) is 0.148. The number of fused-ring (bicyclic) bond motifs is 16. The molecule has 0 bridgehead atoms. The number of benzene rings is 14. The maximum Gasteiger partial charge on any atom is 0.187 e. The summed E-state index contributed by atoms with van der Waals surface area (Å²) in [5.74, 6) is 0. The molecule has 5 aromatic heterocycles. The minimum absolute atomic E-state index is 0.647. The van der Waals surface area contributed by atoms with Crippen LogP contribution in [-0.4, -0.2) is 18.3 Å². The minimum atomic E-state index is 0.647. The predicted molar refractivity (Wildman–Crippen MR) is 378 cm³/mol. The number of hydrogen-bond acceptors (Lipinski definition) is 1. The van der Waals surface area contributed by atoms with Gasteiger partial charge >= 0.3 is 0 Å². The second-order valence-electron chi connectivity index (χ2n) is 23.1. The summed E-state index contributed by atoms with van der Waals surface area (Å²) in [7, 11) is 0. The molecule has 0 N–H and O–H groups in total. The van der Waals surface area contributed by atoms with Crippen molar-refractivity contribution in [1.82, 2.24) is 18.3 Å². The molecule has 0 aliphatic carbocycles. The van der Waals surface area contributed by atoms with Gasteiger partial charge in [-0.2, -0.15) is 0 Å². The fraction of sp³-hybridized carbons (Fsp3) is 0. The van der Waals surface area contributed by atoms with Crippen LogP contribution in [0.4, 0.5) is 5.69 Å². The van der Waals surface area contributed by atoms with Crippen molar-refractivity contribution >= 4 is 135 Å². The first-order valence-corrected chi connectivity index (χ1v) is 31.0. The van der Waals surface area contributed by atoms with Crippen LogP contribution in [0, 0.1) is 6.57 Å². The van der Waals surface area contributed by atoms with Crippen molar-refractivity contribution in [2.75, 3.05) is 0 Å². The van der Waals surface area contributed by atoms with Crippen LogP contribution in [0.5, 0.6) is 0 Å². The minimum Gasteiger partial charge on any atom is -0.309 e. The summed E-state index contributed by atoms with van der Waals surface area (Å²) in [6.45, 7) is 7.37. The molecule has 0 saturated carbocycles. The molecule has 14 aromatic carbocycles. The molecular weight excluding hydrogens is 1100 g/mol. The summed E-state index contributed by atoms with van der Waals surface area (Å²) in [6, 6.07) is 112. The molecule has 0 aliphatic rings. The zero-order chi connectivity index (χ0) is 58.7. The molecule has 5 nitrogen and oxygen atoms in total. The van der Waals surface area contributed by atoms with Gasteiger partial charge in [0.05, 0.1) is 61.1 Å². The Kier molecular flexibility index (Phi) is 11.5. The molecule has 0 fully saturated rings. The topological polar surface area (TPSA) is 24.1 Å². The monoisotopic (exact) mass is 1150 g/mol. The van der Waals surface area contributed by atoms with Crippen LogP contribution in [0.1, 0.15) is 0 Å². The van der Waals surface area contributed by atoms with Crippen LogP contribution >= 0.6 is 11.3 Å². The molecule has 0 aliphatic heterocycles. The van der Waals surface area contributed by atoms with E-state index in [1.807, 2.05) is 35.6 Å². The number of rotatable bonds is 6. The fourth-order valence-electron chi connectivity index (χ4n) is 14.2. The van der Waals surface area contributed by atoms with E-state index in [4.69, 9.17) is 6.57 Å². The highest BCUT2D eigenvalue weighted by Crippen LogP contribution is 2.44. The zero-order valence-corrected chi connectivity index (χ0v) is 48.9. The zero-order valence-electron chi connectivity index (χ0n) is 48.1. The lowest BCUT2D eigenvalue weighted by molar-refractivity contribution is 1.18. The second kappa shape index (κ2) is 20.2. The van der Waals surface area contributed by atoms with Crippen molar-refractivity contribution in [2.45, 2.75) is 0 Å². The molecule has 0 unspecified atom stereocenters. The third kappa shape index (κ3) is 8.00. The molecule has 6 heteroatoms. The Morgan fingerprint density at radius 1 is 0.247 bits per heavy atom. The van der Waals surface area contributed by atoms with Crippen LogP contribution < -0.4 is 0 Å². The van der Waals surface area contributed by atoms with E-state index in [1.54, 1.807) is 0 Å². The van der Waals surface area contributed by atoms with Gasteiger partial charge in [0.15, 0.2) is 5.69 Å². The predicted octanol–water partition coefficient (Wildman–Crippen LogP) is 23.2. The number of nitrogens with zero attached hydrogens (tertiary/aromatic N) is 5. The maximum atomic E-state index is 7.37. The van der Waals surface area contributed by atoms with Crippen LogP contribution in [0.3, 0.4) is 0 Å². The van der Waals surface area contributed by atoms with Gasteiger partial charge in [-0.15, -0.1) is 11.3 Å². The molecule has 0 spiro atoms. The summed E-state index contributed by atoms with van der Waals surface area (Å²) < 4.78 is 12.1. The van der Waals surface area contributed by atoms with Crippen LogP contribution in [0.2, 0.25) is 0 Å². The Labute approximate surface area is 516 Å². The third-order valence-electron chi connectivity index (χ3n) is 18.2. The van der Waals surface area contributed by atoms with Crippen molar-refractivity contribution < 1.29 is 0 Å². The van der Waals surface area contributed by atoms with Gasteiger partial charge in [0.25, 0.3) is 0 Å². The highest BCUT2D eigenvalue weighted by atomic mass is 32.1. The highest BCUT2D eigenvalue weighted by Gasteiger charge is 2.20. The van der Waals surface area contributed by atoms with Crippen molar-refractivity contribution in [3.63, 3.8) is 0 Å². The maximum absolute atomic E-state index is 7.37. The molecular formula is C83H51N5S. The second-order valence-corrected chi connectivity index (χ2v) is 24.1. The number of hydrogen-bond donors (Lipinski definition) is 0. The van der Waals surface area contributed by atoms with Gasteiger partial charge in [0, 0.05) is 75.6 Å². The summed E-state index contributed by atoms with van der Waals surface area (Å²) in [5, 5.41) is 15.1. The van der Waals surface area contributed by atoms with Gasteiger partial charge in [0.1, 0.15) is 0 Å². The van der Waals surface area contributed by atoms with Gasteiger partial charge in [0.2, 0.25) is 0 Å². The Morgan fingerprint density at radius 3 is 1.15 bits per heavy atom. The van der Waals surface area contributed by atoms with Gasteiger partial charge in [-0.25, -0.2) is 4.85 Å². The van der Waals surface area contributed by atoms with E-state index in [2.05, 4.69) is 308 Å². The average molecular weight is 1150 g/mol. The highest BCUT2D eigenvalue weighted by molar-refractivity contribution is 7.26. The van der Waals surface area contributed by atoms with E-state index in [0.29, 0.717) is 5.69 Å². The lowest BCUT2D eigenvalue weighted by Crippen LogP contribution is -1.94. The molecule has 19 rings (SSSR count). The van der Waals surface area contributed by atoms with Crippen molar-refractivity contribution in [3.05, 3.63) is 321 Å². The molecule has 5 heterocycles. The normalized spacial score (nSPS) is 11.8.